The fraction of sp³-hybridized carbons (Fsp3) is 0.286. The van der Waals surface area contributed by atoms with Crippen molar-refractivity contribution < 1.29 is 0 Å². The van der Waals surface area contributed by atoms with E-state index in [1.54, 1.807) is 0 Å². The Morgan fingerprint density at radius 1 is 0.289 bits per heavy atom. The molecule has 9 aromatic rings. The summed E-state index contributed by atoms with van der Waals surface area (Å²) in [7, 11) is 0. The van der Waals surface area contributed by atoms with Crippen LogP contribution in [0.15, 0.2) is 194 Å². The van der Waals surface area contributed by atoms with E-state index in [1.807, 2.05) is 0 Å². The second-order valence-corrected chi connectivity index (χ2v) is 20.0. The van der Waals surface area contributed by atoms with Gasteiger partial charge in [-0.1, -0.05) is 133 Å². The Bertz CT molecular complexity index is 3030. The van der Waals surface area contributed by atoms with Crippen LogP contribution in [0.3, 0.4) is 0 Å². The first-order valence-corrected chi connectivity index (χ1v) is 28.3. The zero-order valence-electron chi connectivity index (χ0n) is 46.5. The van der Waals surface area contributed by atoms with Gasteiger partial charge in [-0.25, -0.2) is 0 Å². The number of hydrogen-bond donors (Lipinski definition) is 2. The molecule has 2 atom stereocenters. The minimum atomic E-state index is 0.0771. The zero-order chi connectivity index (χ0) is 53.0. The monoisotopic (exact) mass is 1000 g/mol. The van der Waals surface area contributed by atoms with E-state index >= 15 is 0 Å². The molecule has 0 spiro atoms. The summed E-state index contributed by atoms with van der Waals surface area (Å²) in [5.74, 6) is 0.154. The molecular formula is C70H80N6. The van der Waals surface area contributed by atoms with Crippen molar-refractivity contribution in [2.75, 3.05) is 82.6 Å². The van der Waals surface area contributed by atoms with Gasteiger partial charge in [0.25, 0.3) is 0 Å². The van der Waals surface area contributed by atoms with Crippen molar-refractivity contribution in [3.63, 3.8) is 0 Å². The lowest BCUT2D eigenvalue weighted by Crippen LogP contribution is -2.23. The molecular weight excluding hydrogens is 925 g/mol. The maximum atomic E-state index is 3.61. The minimum Gasteiger partial charge on any atom is -0.385 e. The Morgan fingerprint density at radius 3 is 0.842 bits per heavy atom. The van der Waals surface area contributed by atoms with Gasteiger partial charge in [-0.2, -0.15) is 0 Å². The number of nitrogens with zero attached hydrogens (tertiary/aromatic N) is 4. The summed E-state index contributed by atoms with van der Waals surface area (Å²) in [5, 5.41) is 12.3. The lowest BCUT2D eigenvalue weighted by Gasteiger charge is -2.27. The largest absolute Gasteiger partial charge is 0.385 e. The van der Waals surface area contributed by atoms with Gasteiger partial charge in [0, 0.05) is 122 Å². The molecule has 0 heterocycles. The van der Waals surface area contributed by atoms with E-state index in [0.717, 1.165) is 65.4 Å². The lowest BCUT2D eigenvalue weighted by atomic mass is 9.82. The highest BCUT2D eigenvalue weighted by atomic mass is 15.1. The third kappa shape index (κ3) is 11.6. The van der Waals surface area contributed by atoms with Crippen molar-refractivity contribution in [1.29, 1.82) is 0 Å². The van der Waals surface area contributed by atoms with Gasteiger partial charge in [-0.3, -0.25) is 0 Å². The van der Waals surface area contributed by atoms with Crippen molar-refractivity contribution in [1.82, 2.24) is 0 Å². The maximum Gasteiger partial charge on any atom is 0.0429 e. The van der Waals surface area contributed by atoms with E-state index in [4.69, 9.17) is 0 Å². The molecule has 0 amide bonds. The SMILES string of the molecule is CCNc1ccc(C(c2ccc(N(CC)CC)cc2)c2ccc(N(CC)Cc3ccc(CN(CC)c4ccc(C(c5ccc(N(CC)CC)cc5)c5ccc(NCC)c6ccccc56)cc4)cc3)cc2)c2ccccc12. The van der Waals surface area contributed by atoms with Crippen LogP contribution >= 0.6 is 0 Å². The normalized spacial score (nSPS) is 12.1. The molecule has 76 heavy (non-hydrogen) atoms. The summed E-state index contributed by atoms with van der Waals surface area (Å²) in [4.78, 5) is 9.80. The van der Waals surface area contributed by atoms with Crippen molar-refractivity contribution in [3.8, 4) is 0 Å². The van der Waals surface area contributed by atoms with Gasteiger partial charge in [0.15, 0.2) is 0 Å². The van der Waals surface area contributed by atoms with Crippen LogP contribution in [0.2, 0.25) is 0 Å². The van der Waals surface area contributed by atoms with Gasteiger partial charge >= 0.3 is 0 Å². The second-order valence-electron chi connectivity index (χ2n) is 20.0. The van der Waals surface area contributed by atoms with Gasteiger partial charge in [0.05, 0.1) is 0 Å². The van der Waals surface area contributed by atoms with Crippen molar-refractivity contribution in [2.24, 2.45) is 0 Å². The molecule has 2 N–H and O–H groups in total. The fourth-order valence-electron chi connectivity index (χ4n) is 11.6. The Balaban J connectivity index is 0.932. The topological polar surface area (TPSA) is 37.0 Å². The highest BCUT2D eigenvalue weighted by Crippen LogP contribution is 2.42. The van der Waals surface area contributed by atoms with Crippen LogP contribution in [0.1, 0.15) is 112 Å². The molecule has 9 aromatic carbocycles. The molecule has 390 valence electrons. The molecule has 0 bridgehead atoms. The first kappa shape index (κ1) is 53.1. The van der Waals surface area contributed by atoms with E-state index in [2.05, 4.69) is 280 Å². The van der Waals surface area contributed by atoms with Crippen LogP contribution in [0, 0.1) is 0 Å². The molecule has 0 aliphatic rings. The molecule has 6 heteroatoms. The molecule has 0 aliphatic heterocycles. The second kappa shape index (κ2) is 25.2. The summed E-state index contributed by atoms with van der Waals surface area (Å²) in [5.41, 5.74) is 17.8. The number of nitrogens with one attached hydrogen (secondary N) is 2. The molecule has 9 rings (SSSR count). The standard InChI is InChI=1S/C70H80N6/c1-9-71-67-47-45-65(61-21-17-19-23-63(61)67)69(53-29-37-57(38-30-53)73(11-3)12-4)55-33-41-59(42-34-55)75(15-7)49-51-25-27-52(28-26-51)50-76(16-8)60-43-35-56(36-44-60)70(54-31-39-58(40-32-54)74(13-5)14-6)66-46-48-68(72-10-2)64-24-20-18-22-62(64)66/h17-48,69-72H,9-16,49-50H2,1-8H3. The van der Waals surface area contributed by atoms with Crippen LogP contribution in [0.4, 0.5) is 34.1 Å². The van der Waals surface area contributed by atoms with Crippen molar-refractivity contribution >= 4 is 55.7 Å². The van der Waals surface area contributed by atoms with Crippen LogP contribution < -0.4 is 30.2 Å². The predicted molar refractivity (Wildman–Crippen MR) is 331 cm³/mol. The average molecular weight is 1010 g/mol. The molecule has 2 unspecified atom stereocenters. The van der Waals surface area contributed by atoms with Crippen molar-refractivity contribution in [3.05, 3.63) is 239 Å². The van der Waals surface area contributed by atoms with E-state index in [1.165, 1.54) is 100 Å². The third-order valence-corrected chi connectivity index (χ3v) is 15.7. The zero-order valence-corrected chi connectivity index (χ0v) is 46.5. The summed E-state index contributed by atoms with van der Waals surface area (Å²) in [6.07, 6.45) is 0. The van der Waals surface area contributed by atoms with Gasteiger partial charge in [0.1, 0.15) is 0 Å². The average Bonchev–Trinajstić information content (AvgIpc) is 3.47. The number of fused-ring (bicyclic) bond motifs is 2. The predicted octanol–water partition coefficient (Wildman–Crippen LogP) is 17.0. The van der Waals surface area contributed by atoms with Crippen LogP contribution in [-0.2, 0) is 13.1 Å². The third-order valence-electron chi connectivity index (χ3n) is 15.7. The minimum absolute atomic E-state index is 0.0771. The smallest absolute Gasteiger partial charge is 0.0429 e. The lowest BCUT2D eigenvalue weighted by molar-refractivity contribution is 0.820. The number of benzene rings is 9. The Labute approximate surface area is 455 Å². The number of anilines is 6. The Morgan fingerprint density at radius 2 is 0.566 bits per heavy atom. The van der Waals surface area contributed by atoms with E-state index in [9.17, 15) is 0 Å². The highest BCUT2D eigenvalue weighted by molar-refractivity contribution is 5.98. The molecule has 0 fully saturated rings. The maximum absolute atomic E-state index is 3.61. The van der Waals surface area contributed by atoms with Gasteiger partial charge in [-0.05, 0) is 171 Å². The molecule has 0 aromatic heterocycles. The Kier molecular flexibility index (Phi) is 17.6. The number of hydrogen-bond acceptors (Lipinski definition) is 6. The first-order valence-electron chi connectivity index (χ1n) is 28.3. The summed E-state index contributed by atoms with van der Waals surface area (Å²) in [6.45, 7) is 27.0. The van der Waals surface area contributed by atoms with Crippen LogP contribution in [0.25, 0.3) is 21.5 Å². The van der Waals surface area contributed by atoms with Gasteiger partial charge in [0.2, 0.25) is 0 Å². The van der Waals surface area contributed by atoms with Crippen LogP contribution in [-0.4, -0.2) is 52.4 Å². The quantitative estimate of drug-likeness (QED) is 0.0588. The van der Waals surface area contributed by atoms with E-state index in [0.29, 0.717) is 0 Å². The fourth-order valence-corrected chi connectivity index (χ4v) is 11.6. The van der Waals surface area contributed by atoms with Gasteiger partial charge < -0.3 is 30.2 Å². The molecule has 0 aliphatic carbocycles. The van der Waals surface area contributed by atoms with Crippen molar-refractivity contribution in [2.45, 2.75) is 80.3 Å². The molecule has 0 radical (unpaired) electrons. The summed E-state index contributed by atoms with van der Waals surface area (Å²) >= 11 is 0. The van der Waals surface area contributed by atoms with Crippen LogP contribution in [0.5, 0.6) is 0 Å². The van der Waals surface area contributed by atoms with E-state index in [-0.39, 0.29) is 11.8 Å². The van der Waals surface area contributed by atoms with Gasteiger partial charge in [-0.15, -0.1) is 0 Å². The van der Waals surface area contributed by atoms with E-state index < -0.39 is 0 Å². The molecule has 0 saturated carbocycles. The first-order chi connectivity index (χ1) is 37.3. The molecule has 0 saturated heterocycles. The Hall–Kier alpha value is -7.70. The highest BCUT2D eigenvalue weighted by Gasteiger charge is 2.23. The molecule has 6 nitrogen and oxygen atoms in total. The summed E-state index contributed by atoms with van der Waals surface area (Å²) in [6, 6.07) is 73.6. The number of rotatable bonds is 24. The summed E-state index contributed by atoms with van der Waals surface area (Å²) < 4.78 is 0.